The van der Waals surface area contributed by atoms with E-state index in [0.717, 1.165) is 42.6 Å². The number of Topliss-reactive ketones (excluding diaryl/α,β-unsaturated/α-hetero) is 1. The normalized spacial score (nSPS) is 24.2. The number of carbonyl (C=O) groups excluding carboxylic acids is 3. The Labute approximate surface area is 242 Å². The molecular weight excluding hydrogens is 552 g/mol. The smallest absolute Gasteiger partial charge is 0.251 e. The maximum absolute atomic E-state index is 13.8. The van der Waals surface area contributed by atoms with Gasteiger partial charge in [-0.25, -0.2) is 13.8 Å². The van der Waals surface area contributed by atoms with Crippen molar-refractivity contribution < 1.29 is 27.9 Å². The van der Waals surface area contributed by atoms with Crippen LogP contribution < -0.4 is 10.2 Å². The average Bonchev–Trinajstić information content (AvgIpc) is 3.69. The number of aromatic nitrogens is 1. The lowest BCUT2D eigenvalue weighted by atomic mass is 9.80. The summed E-state index contributed by atoms with van der Waals surface area (Å²) in [5.74, 6) is -2.63. The van der Waals surface area contributed by atoms with Crippen LogP contribution in [0.2, 0.25) is 0 Å². The summed E-state index contributed by atoms with van der Waals surface area (Å²) in [6.45, 7) is 8.83. The maximum atomic E-state index is 13.8. The fourth-order valence-electron chi connectivity index (χ4n) is 5.65. The Kier molecular flexibility index (Phi) is 8.45. The van der Waals surface area contributed by atoms with E-state index in [4.69, 9.17) is 9.72 Å². The summed E-state index contributed by atoms with van der Waals surface area (Å²) in [5, 5.41) is 5.84. The van der Waals surface area contributed by atoms with Crippen LogP contribution in [0.1, 0.15) is 37.6 Å². The molecule has 9 nitrogen and oxygen atoms in total. The van der Waals surface area contributed by atoms with Gasteiger partial charge in [-0.2, -0.15) is 0 Å². The van der Waals surface area contributed by atoms with Crippen molar-refractivity contribution in [3.05, 3.63) is 35.2 Å². The van der Waals surface area contributed by atoms with E-state index in [0.29, 0.717) is 12.0 Å². The first kappa shape index (κ1) is 29.5. The van der Waals surface area contributed by atoms with E-state index in [2.05, 4.69) is 22.2 Å². The molecule has 3 saturated heterocycles. The number of likely N-dealkylation sites (N-methyl/N-ethyl adjacent to an activating group) is 1. The highest BCUT2D eigenvalue weighted by Gasteiger charge is 2.56. The molecule has 1 aromatic heterocycles. The first-order valence-electron chi connectivity index (χ1n) is 14.0. The number of hydrogen-bond donors (Lipinski definition) is 1. The summed E-state index contributed by atoms with van der Waals surface area (Å²) in [6.07, 6.45) is -3.22. The number of nitrogens with zero attached hydrogens (tertiary/aromatic N) is 4. The Bertz CT molecular complexity index is 1280. The lowest BCUT2D eigenvalue weighted by molar-refractivity contribution is -0.140. The highest BCUT2D eigenvalue weighted by atomic mass is 32.1. The molecule has 3 aliphatic heterocycles. The van der Waals surface area contributed by atoms with Gasteiger partial charge in [-0.1, -0.05) is 32.9 Å². The molecule has 3 fully saturated rings. The van der Waals surface area contributed by atoms with Crippen molar-refractivity contribution in [2.24, 2.45) is 11.3 Å². The Hall–Kier alpha value is -2.96. The second-order valence-electron chi connectivity index (χ2n) is 11.8. The predicted molar refractivity (Wildman–Crippen MR) is 152 cm³/mol. The third-order valence-electron chi connectivity index (χ3n) is 8.75. The number of nitrogens with one attached hydrogen (secondary N) is 1. The zero-order valence-electron chi connectivity index (χ0n) is 23.8. The quantitative estimate of drug-likeness (QED) is 0.506. The molecule has 0 bridgehead atoms. The predicted octanol–water partition coefficient (Wildman–Crippen LogP) is 3.16. The van der Waals surface area contributed by atoms with Crippen LogP contribution >= 0.6 is 11.3 Å². The largest absolute Gasteiger partial charge is 0.367 e. The van der Waals surface area contributed by atoms with Crippen LogP contribution in [0.4, 0.5) is 13.9 Å². The number of carbonyl (C=O) groups is 3. The lowest BCUT2D eigenvalue weighted by Gasteiger charge is -2.36. The van der Waals surface area contributed by atoms with E-state index in [1.807, 2.05) is 38.3 Å². The molecule has 2 amide bonds. The van der Waals surface area contributed by atoms with Crippen molar-refractivity contribution in [2.45, 2.75) is 51.8 Å². The fourth-order valence-corrected chi connectivity index (χ4v) is 6.54. The number of ether oxygens (including phenoxy) is 1. The number of piperazine rings is 1. The van der Waals surface area contributed by atoms with Gasteiger partial charge in [0.25, 0.3) is 5.91 Å². The van der Waals surface area contributed by atoms with Crippen LogP contribution in [0.15, 0.2) is 29.6 Å². The molecule has 3 aliphatic rings. The number of fused-ring (bicyclic) bond motifs is 1. The van der Waals surface area contributed by atoms with Crippen molar-refractivity contribution in [3.63, 3.8) is 0 Å². The SMILES string of the molecule is CCC(C)(C)C(NC(=O)c1ccc(-c2csc(N3CCN(C)CC3)n2)cc1)C(=O)N1C[C@@H](C(F)F)[C@H]2OCC(=O)[C@H]21. The number of rotatable bonds is 8. The number of benzene rings is 1. The van der Waals surface area contributed by atoms with E-state index in [9.17, 15) is 23.2 Å². The number of likely N-dealkylation sites (tertiary alicyclic amines) is 1. The first-order valence-corrected chi connectivity index (χ1v) is 14.9. The van der Waals surface area contributed by atoms with Gasteiger partial charge in [-0.3, -0.25) is 14.4 Å². The van der Waals surface area contributed by atoms with Gasteiger partial charge in [0.1, 0.15) is 18.7 Å². The monoisotopic (exact) mass is 589 g/mol. The number of alkyl halides is 2. The van der Waals surface area contributed by atoms with E-state index < -0.39 is 47.8 Å². The molecule has 0 radical (unpaired) electrons. The molecule has 222 valence electrons. The van der Waals surface area contributed by atoms with Gasteiger partial charge < -0.3 is 24.8 Å². The van der Waals surface area contributed by atoms with Crippen molar-refractivity contribution in [1.29, 1.82) is 0 Å². The molecule has 41 heavy (non-hydrogen) atoms. The minimum Gasteiger partial charge on any atom is -0.367 e. The van der Waals surface area contributed by atoms with Gasteiger partial charge >= 0.3 is 0 Å². The van der Waals surface area contributed by atoms with E-state index in [1.165, 1.54) is 4.90 Å². The van der Waals surface area contributed by atoms with Crippen molar-refractivity contribution >= 4 is 34.1 Å². The summed E-state index contributed by atoms with van der Waals surface area (Å²) >= 11 is 1.60. The zero-order valence-corrected chi connectivity index (χ0v) is 24.6. The second kappa shape index (κ2) is 11.7. The molecule has 1 aromatic carbocycles. The van der Waals surface area contributed by atoms with Gasteiger partial charge in [0.05, 0.1) is 17.7 Å². The zero-order chi connectivity index (χ0) is 29.5. The number of halogens is 2. The number of hydrogen-bond acceptors (Lipinski definition) is 8. The Morgan fingerprint density at radius 2 is 1.85 bits per heavy atom. The van der Waals surface area contributed by atoms with E-state index in [1.54, 1.807) is 23.5 Å². The molecule has 1 unspecified atom stereocenters. The summed E-state index contributed by atoms with van der Waals surface area (Å²) in [7, 11) is 2.11. The fraction of sp³-hybridized carbons (Fsp3) is 0.586. The van der Waals surface area contributed by atoms with Gasteiger partial charge in [0.15, 0.2) is 10.9 Å². The van der Waals surface area contributed by atoms with Crippen molar-refractivity contribution in [2.75, 3.05) is 51.3 Å². The summed E-state index contributed by atoms with van der Waals surface area (Å²) in [4.78, 5) is 50.3. The molecule has 2 aromatic rings. The Balaban J connectivity index is 1.31. The maximum Gasteiger partial charge on any atom is 0.251 e. The third-order valence-corrected chi connectivity index (χ3v) is 9.66. The molecule has 0 spiro atoms. The molecule has 4 heterocycles. The van der Waals surface area contributed by atoms with E-state index in [-0.39, 0.29) is 18.9 Å². The van der Waals surface area contributed by atoms with E-state index >= 15 is 0 Å². The molecular formula is C29H37F2N5O4S. The third kappa shape index (κ3) is 5.87. The van der Waals surface area contributed by atoms with Crippen molar-refractivity contribution in [1.82, 2.24) is 20.1 Å². The molecule has 4 atom stereocenters. The Morgan fingerprint density at radius 3 is 2.49 bits per heavy atom. The number of ketones is 1. The van der Waals surface area contributed by atoms with Crippen LogP contribution in [0.3, 0.4) is 0 Å². The van der Waals surface area contributed by atoms with Crippen LogP contribution in [0.5, 0.6) is 0 Å². The average molecular weight is 590 g/mol. The summed E-state index contributed by atoms with van der Waals surface area (Å²) < 4.78 is 32.8. The highest BCUT2D eigenvalue weighted by molar-refractivity contribution is 7.14. The standard InChI is InChI=1S/C29H37F2N5O4S/c1-5-29(2,3)24(27(39)36-14-19(25(30)31)23-22(36)21(37)15-40-23)33-26(38)18-8-6-17(7-9-18)20-16-41-28(32-20)35-12-10-34(4)11-13-35/h6-9,16,19,22-25H,5,10-15H2,1-4H3,(H,33,38)/t19-,22-,23-,24?/m1/s1. The Morgan fingerprint density at radius 1 is 1.17 bits per heavy atom. The minimum absolute atomic E-state index is 0.289. The van der Waals surface area contributed by atoms with Crippen LogP contribution in [0.25, 0.3) is 11.3 Å². The minimum atomic E-state index is -2.73. The van der Waals surface area contributed by atoms with Crippen molar-refractivity contribution in [3.8, 4) is 11.3 Å². The first-order chi connectivity index (χ1) is 19.5. The van der Waals surface area contributed by atoms with Gasteiger partial charge in [0.2, 0.25) is 12.3 Å². The molecule has 12 heteroatoms. The van der Waals surface area contributed by atoms with Gasteiger partial charge in [-0.15, -0.1) is 11.3 Å². The molecule has 0 saturated carbocycles. The molecule has 5 rings (SSSR count). The highest BCUT2D eigenvalue weighted by Crippen LogP contribution is 2.37. The summed E-state index contributed by atoms with van der Waals surface area (Å²) in [6, 6.07) is 4.95. The topological polar surface area (TPSA) is 95.1 Å². The summed E-state index contributed by atoms with van der Waals surface area (Å²) in [5.41, 5.74) is 1.36. The second-order valence-corrected chi connectivity index (χ2v) is 12.6. The van der Waals surface area contributed by atoms with Crippen LogP contribution in [-0.4, -0.2) is 103 Å². The number of thiazole rings is 1. The number of anilines is 1. The van der Waals surface area contributed by atoms with Crippen LogP contribution in [0, 0.1) is 11.3 Å². The molecule has 0 aliphatic carbocycles. The lowest BCUT2D eigenvalue weighted by Crippen LogP contribution is -2.57. The number of amides is 2. The van der Waals surface area contributed by atoms with Crippen LogP contribution in [-0.2, 0) is 14.3 Å². The van der Waals surface area contributed by atoms with Gasteiger partial charge in [-0.05, 0) is 31.0 Å². The molecule has 1 N–H and O–H groups in total. The van der Waals surface area contributed by atoms with Gasteiger partial charge in [0, 0.05) is 49.2 Å².